The van der Waals surface area contributed by atoms with Crippen molar-refractivity contribution in [3.8, 4) is 0 Å². The number of carbonyl (C=O) groups excluding carboxylic acids is 1. The normalized spacial score (nSPS) is 11.5. The van der Waals surface area contributed by atoms with Crippen LogP contribution in [0, 0.1) is 6.92 Å². The first-order valence-electron chi connectivity index (χ1n) is 9.53. The lowest BCUT2D eigenvalue weighted by Gasteiger charge is -2.04. The van der Waals surface area contributed by atoms with E-state index in [0.717, 1.165) is 24.1 Å². The highest BCUT2D eigenvalue weighted by atomic mass is 16.2. The van der Waals surface area contributed by atoms with Gasteiger partial charge in [-0.3, -0.25) is 4.79 Å². The Kier molecular flexibility index (Phi) is 10.8. The Morgan fingerprint density at radius 2 is 1.62 bits per heavy atom. The lowest BCUT2D eigenvalue weighted by Crippen LogP contribution is -2.18. The van der Waals surface area contributed by atoms with Gasteiger partial charge in [0.25, 0.3) is 0 Å². The molecule has 0 saturated heterocycles. The molecule has 3 heteroatoms. The molecule has 1 aromatic carbocycles. The van der Waals surface area contributed by atoms with Crippen LogP contribution in [-0.4, -0.2) is 11.6 Å². The van der Waals surface area contributed by atoms with Crippen LogP contribution in [0.4, 0.5) is 0 Å². The van der Waals surface area contributed by atoms with Gasteiger partial charge in [-0.25, -0.2) is 5.43 Å². The predicted molar refractivity (Wildman–Crippen MR) is 103 cm³/mol. The number of rotatable bonds is 12. The molecule has 0 aliphatic carbocycles. The fourth-order valence-electron chi connectivity index (χ4n) is 2.73. The number of amides is 1. The third-order valence-corrected chi connectivity index (χ3v) is 4.29. The maximum atomic E-state index is 11.8. The molecule has 24 heavy (non-hydrogen) atoms. The fourth-order valence-corrected chi connectivity index (χ4v) is 2.73. The Morgan fingerprint density at radius 1 is 1.00 bits per heavy atom. The van der Waals surface area contributed by atoms with Crippen LogP contribution in [0.15, 0.2) is 29.4 Å². The average molecular weight is 331 g/mol. The Hall–Kier alpha value is -1.64. The van der Waals surface area contributed by atoms with Crippen molar-refractivity contribution < 1.29 is 4.79 Å². The molecular weight excluding hydrogens is 296 g/mol. The summed E-state index contributed by atoms with van der Waals surface area (Å²) in [7, 11) is 0. The summed E-state index contributed by atoms with van der Waals surface area (Å²) in [4.78, 5) is 11.8. The van der Waals surface area contributed by atoms with Crippen LogP contribution < -0.4 is 5.43 Å². The van der Waals surface area contributed by atoms with Crippen molar-refractivity contribution in [2.75, 3.05) is 0 Å². The van der Waals surface area contributed by atoms with Crippen molar-refractivity contribution in [1.82, 2.24) is 5.43 Å². The van der Waals surface area contributed by atoms with E-state index in [0.29, 0.717) is 6.42 Å². The van der Waals surface area contributed by atoms with Gasteiger partial charge in [0, 0.05) is 6.42 Å². The lowest BCUT2D eigenvalue weighted by molar-refractivity contribution is -0.121. The third kappa shape index (κ3) is 9.49. The summed E-state index contributed by atoms with van der Waals surface area (Å²) in [5.74, 6) is 0.0185. The van der Waals surface area contributed by atoms with E-state index in [4.69, 9.17) is 0 Å². The number of nitrogens with one attached hydrogen (secondary N) is 1. The monoisotopic (exact) mass is 330 g/mol. The van der Waals surface area contributed by atoms with Gasteiger partial charge in [0.1, 0.15) is 0 Å². The number of carbonyl (C=O) groups is 1. The van der Waals surface area contributed by atoms with Gasteiger partial charge in [0.15, 0.2) is 0 Å². The number of unbranched alkanes of at least 4 members (excludes halogenated alkanes) is 8. The van der Waals surface area contributed by atoms with E-state index in [1.807, 2.05) is 19.1 Å². The number of hydrogen-bond acceptors (Lipinski definition) is 2. The molecule has 1 N–H and O–H groups in total. The largest absolute Gasteiger partial charge is 0.273 e. The van der Waals surface area contributed by atoms with Crippen molar-refractivity contribution in [3.63, 3.8) is 0 Å². The van der Waals surface area contributed by atoms with E-state index in [2.05, 4.69) is 36.5 Å². The molecule has 0 spiro atoms. The molecule has 1 amide bonds. The van der Waals surface area contributed by atoms with Crippen molar-refractivity contribution in [1.29, 1.82) is 0 Å². The smallest absolute Gasteiger partial charge is 0.240 e. The highest BCUT2D eigenvalue weighted by Gasteiger charge is 2.02. The Balaban J connectivity index is 2.10. The summed E-state index contributed by atoms with van der Waals surface area (Å²) >= 11 is 0. The van der Waals surface area contributed by atoms with E-state index >= 15 is 0 Å². The van der Waals surface area contributed by atoms with E-state index < -0.39 is 0 Å². The highest BCUT2D eigenvalue weighted by molar-refractivity contribution is 5.99. The molecular formula is C21H34N2O. The molecule has 0 unspecified atom stereocenters. The van der Waals surface area contributed by atoms with Gasteiger partial charge in [0.05, 0.1) is 5.71 Å². The zero-order valence-corrected chi connectivity index (χ0v) is 15.7. The minimum absolute atomic E-state index is 0.0185. The molecule has 0 bridgehead atoms. The summed E-state index contributed by atoms with van der Waals surface area (Å²) in [6, 6.07) is 8.15. The minimum atomic E-state index is 0.0185. The second kappa shape index (κ2) is 12.7. The number of benzene rings is 1. The van der Waals surface area contributed by atoms with Gasteiger partial charge in [0.2, 0.25) is 5.91 Å². The molecule has 0 aliphatic rings. The van der Waals surface area contributed by atoms with Gasteiger partial charge in [-0.15, -0.1) is 0 Å². The quantitative estimate of drug-likeness (QED) is 0.295. The fraction of sp³-hybridized carbons (Fsp3) is 0.619. The Bertz CT molecular complexity index is 508. The molecule has 3 nitrogen and oxygen atoms in total. The first-order valence-corrected chi connectivity index (χ1v) is 9.53. The van der Waals surface area contributed by atoms with Gasteiger partial charge in [-0.1, -0.05) is 88.1 Å². The summed E-state index contributed by atoms with van der Waals surface area (Å²) in [5, 5.41) is 4.21. The summed E-state index contributed by atoms with van der Waals surface area (Å²) in [5.41, 5.74) is 5.77. The molecule has 0 heterocycles. The minimum Gasteiger partial charge on any atom is -0.273 e. The molecule has 1 aromatic rings. The van der Waals surface area contributed by atoms with Gasteiger partial charge < -0.3 is 0 Å². The second-order valence-electron chi connectivity index (χ2n) is 6.68. The first kappa shape index (κ1) is 20.4. The Labute approximate surface area is 147 Å². The van der Waals surface area contributed by atoms with Crippen molar-refractivity contribution in [3.05, 3.63) is 35.4 Å². The van der Waals surface area contributed by atoms with Crippen LogP contribution >= 0.6 is 0 Å². The number of nitrogens with zero attached hydrogens (tertiary/aromatic N) is 1. The van der Waals surface area contributed by atoms with E-state index in [9.17, 15) is 4.79 Å². The molecule has 0 radical (unpaired) electrons. The zero-order chi connectivity index (χ0) is 17.6. The maximum absolute atomic E-state index is 11.8. The van der Waals surface area contributed by atoms with Gasteiger partial charge in [-0.2, -0.15) is 5.10 Å². The van der Waals surface area contributed by atoms with Crippen LogP contribution in [-0.2, 0) is 4.79 Å². The number of hydrogen-bond donors (Lipinski definition) is 1. The van der Waals surface area contributed by atoms with Crippen LogP contribution in [0.25, 0.3) is 0 Å². The van der Waals surface area contributed by atoms with Crippen molar-refractivity contribution in [2.45, 2.75) is 85.0 Å². The number of aryl methyl sites for hydroxylation is 1. The maximum Gasteiger partial charge on any atom is 0.240 e. The van der Waals surface area contributed by atoms with Crippen LogP contribution in [0.2, 0.25) is 0 Å². The topological polar surface area (TPSA) is 41.5 Å². The second-order valence-corrected chi connectivity index (χ2v) is 6.68. The van der Waals surface area contributed by atoms with E-state index in [1.54, 1.807) is 0 Å². The highest BCUT2D eigenvalue weighted by Crippen LogP contribution is 2.10. The van der Waals surface area contributed by atoms with E-state index in [1.165, 1.54) is 50.5 Å². The number of hydrazone groups is 1. The molecule has 134 valence electrons. The standard InChI is InChI=1S/C21H34N2O/c1-4-5-6-7-8-9-10-11-12-16-21(24)23-22-19(3)20-15-13-14-18(2)17-20/h13-15,17H,4-12,16H2,1-3H3,(H,23,24). The molecule has 0 fully saturated rings. The average Bonchev–Trinajstić information content (AvgIpc) is 2.58. The van der Waals surface area contributed by atoms with Gasteiger partial charge >= 0.3 is 0 Å². The van der Waals surface area contributed by atoms with Crippen molar-refractivity contribution in [2.24, 2.45) is 5.10 Å². The molecule has 0 aliphatic heterocycles. The SMILES string of the molecule is CCCCCCCCCCCC(=O)NN=C(C)c1cccc(C)c1. The zero-order valence-electron chi connectivity index (χ0n) is 15.7. The van der Waals surface area contributed by atoms with Crippen LogP contribution in [0.3, 0.4) is 0 Å². The molecule has 0 saturated carbocycles. The predicted octanol–water partition coefficient (Wildman–Crippen LogP) is 5.76. The summed E-state index contributed by atoms with van der Waals surface area (Å²) in [6.07, 6.45) is 12.0. The molecule has 0 aromatic heterocycles. The Morgan fingerprint density at radius 3 is 2.25 bits per heavy atom. The van der Waals surface area contributed by atoms with E-state index in [-0.39, 0.29) is 5.91 Å². The van der Waals surface area contributed by atoms with Crippen molar-refractivity contribution >= 4 is 11.6 Å². The first-order chi connectivity index (χ1) is 11.6. The third-order valence-electron chi connectivity index (χ3n) is 4.29. The molecule has 1 rings (SSSR count). The lowest BCUT2D eigenvalue weighted by atomic mass is 10.1. The summed E-state index contributed by atoms with van der Waals surface area (Å²) < 4.78 is 0. The van der Waals surface area contributed by atoms with Gasteiger partial charge in [-0.05, 0) is 25.8 Å². The van der Waals surface area contributed by atoms with Crippen LogP contribution in [0.1, 0.15) is 89.2 Å². The van der Waals surface area contributed by atoms with Crippen LogP contribution in [0.5, 0.6) is 0 Å². The summed E-state index contributed by atoms with van der Waals surface area (Å²) in [6.45, 7) is 6.23. The molecule has 0 atom stereocenters.